The van der Waals surface area contributed by atoms with Gasteiger partial charge in [-0.05, 0) is 23.6 Å². The van der Waals surface area contributed by atoms with Crippen molar-refractivity contribution in [1.82, 2.24) is 14.8 Å². The van der Waals surface area contributed by atoms with E-state index < -0.39 is 0 Å². The molecule has 3 aromatic carbocycles. The molecule has 0 bridgehead atoms. The summed E-state index contributed by atoms with van der Waals surface area (Å²) >= 11 is 0. The monoisotopic (exact) mass is 439 g/mol. The van der Waals surface area contributed by atoms with Crippen LogP contribution in [0.15, 0.2) is 95.6 Å². The summed E-state index contributed by atoms with van der Waals surface area (Å²) in [6.45, 7) is 4.65. The smallest absolute Gasteiger partial charge is 0.275 e. The highest BCUT2D eigenvalue weighted by Crippen LogP contribution is 2.16. The van der Waals surface area contributed by atoms with Crippen LogP contribution in [-0.4, -0.2) is 27.7 Å². The van der Waals surface area contributed by atoms with Crippen LogP contribution in [0.3, 0.4) is 0 Å². The SMILES string of the molecule is Cc1cccc(CN(Cc2ccccc2)Cc2nc(C(=O)N(C)Cc3ccccc3)co2)c1. The predicted molar refractivity (Wildman–Crippen MR) is 129 cm³/mol. The van der Waals surface area contributed by atoms with Crippen molar-refractivity contribution < 1.29 is 9.21 Å². The zero-order valence-electron chi connectivity index (χ0n) is 19.1. The number of carbonyl (C=O) groups is 1. The van der Waals surface area contributed by atoms with E-state index >= 15 is 0 Å². The van der Waals surface area contributed by atoms with Crippen LogP contribution in [0.4, 0.5) is 0 Å². The van der Waals surface area contributed by atoms with E-state index in [2.05, 4.69) is 53.2 Å². The van der Waals surface area contributed by atoms with Gasteiger partial charge in [0, 0.05) is 26.7 Å². The molecule has 0 aliphatic carbocycles. The molecule has 0 fully saturated rings. The maximum absolute atomic E-state index is 12.9. The first-order valence-corrected chi connectivity index (χ1v) is 11.1. The Morgan fingerprint density at radius 2 is 1.39 bits per heavy atom. The summed E-state index contributed by atoms with van der Waals surface area (Å²) in [5.74, 6) is 0.386. The maximum atomic E-state index is 12.9. The van der Waals surface area contributed by atoms with Gasteiger partial charge in [-0.25, -0.2) is 4.98 Å². The minimum absolute atomic E-state index is 0.151. The molecule has 4 rings (SSSR count). The Labute approximate surface area is 195 Å². The Morgan fingerprint density at radius 1 is 0.788 bits per heavy atom. The molecule has 0 atom stereocenters. The van der Waals surface area contributed by atoms with E-state index in [9.17, 15) is 4.79 Å². The fraction of sp³-hybridized carbons (Fsp3) is 0.214. The highest BCUT2D eigenvalue weighted by atomic mass is 16.3. The van der Waals surface area contributed by atoms with Crippen molar-refractivity contribution in [3.8, 4) is 0 Å². The molecule has 0 N–H and O–H groups in total. The third kappa shape index (κ3) is 6.40. The molecule has 0 unspecified atom stereocenters. The van der Waals surface area contributed by atoms with Crippen LogP contribution in [-0.2, 0) is 26.2 Å². The van der Waals surface area contributed by atoms with Gasteiger partial charge in [-0.15, -0.1) is 0 Å². The van der Waals surface area contributed by atoms with Gasteiger partial charge in [0.25, 0.3) is 5.91 Å². The molecule has 5 heteroatoms. The van der Waals surface area contributed by atoms with E-state index in [1.165, 1.54) is 23.0 Å². The van der Waals surface area contributed by atoms with E-state index in [0.717, 1.165) is 18.7 Å². The fourth-order valence-electron chi connectivity index (χ4n) is 3.88. The first-order chi connectivity index (χ1) is 16.1. The highest BCUT2D eigenvalue weighted by molar-refractivity contribution is 5.91. The van der Waals surface area contributed by atoms with Crippen LogP contribution in [0, 0.1) is 6.92 Å². The molecule has 0 saturated heterocycles. The van der Waals surface area contributed by atoms with E-state index in [1.807, 2.05) is 48.5 Å². The van der Waals surface area contributed by atoms with E-state index in [1.54, 1.807) is 11.9 Å². The van der Waals surface area contributed by atoms with Gasteiger partial charge in [0.2, 0.25) is 5.89 Å². The Hall–Kier alpha value is -3.70. The predicted octanol–water partition coefficient (Wildman–Crippen LogP) is 5.46. The highest BCUT2D eigenvalue weighted by Gasteiger charge is 2.19. The Morgan fingerprint density at radius 3 is 2.06 bits per heavy atom. The lowest BCUT2D eigenvalue weighted by atomic mass is 10.1. The number of amides is 1. The van der Waals surface area contributed by atoms with Gasteiger partial charge in [-0.2, -0.15) is 0 Å². The van der Waals surface area contributed by atoms with Crippen molar-refractivity contribution >= 4 is 5.91 Å². The Kier molecular flexibility index (Phi) is 7.33. The molecular weight excluding hydrogens is 410 g/mol. The lowest BCUT2D eigenvalue weighted by Gasteiger charge is -2.21. The number of nitrogens with zero attached hydrogens (tertiary/aromatic N) is 3. The molecule has 0 saturated carbocycles. The summed E-state index contributed by atoms with van der Waals surface area (Å²) in [6.07, 6.45) is 1.46. The second kappa shape index (κ2) is 10.7. The summed E-state index contributed by atoms with van der Waals surface area (Å²) in [4.78, 5) is 21.3. The molecule has 4 aromatic rings. The standard InChI is InChI=1S/C28H29N3O2/c1-22-10-9-15-25(16-22)19-31(18-24-13-7-4-8-14-24)20-27-29-26(21-33-27)28(32)30(2)17-23-11-5-3-6-12-23/h3-16,21H,17-20H2,1-2H3. The molecular formula is C28H29N3O2. The maximum Gasteiger partial charge on any atom is 0.275 e. The number of rotatable bonds is 9. The van der Waals surface area contributed by atoms with Crippen molar-refractivity contribution in [3.05, 3.63) is 125 Å². The molecule has 168 valence electrons. The molecule has 1 heterocycles. The second-order valence-electron chi connectivity index (χ2n) is 8.39. The lowest BCUT2D eigenvalue weighted by Crippen LogP contribution is -2.26. The fourth-order valence-corrected chi connectivity index (χ4v) is 3.88. The van der Waals surface area contributed by atoms with Crippen LogP contribution >= 0.6 is 0 Å². The zero-order chi connectivity index (χ0) is 23.0. The van der Waals surface area contributed by atoms with Crippen LogP contribution in [0.2, 0.25) is 0 Å². The number of carbonyl (C=O) groups excluding carboxylic acids is 1. The molecule has 0 aliphatic heterocycles. The summed E-state index contributed by atoms with van der Waals surface area (Å²) in [6, 6.07) is 28.8. The molecule has 5 nitrogen and oxygen atoms in total. The minimum Gasteiger partial charge on any atom is -0.447 e. The quantitative estimate of drug-likeness (QED) is 0.348. The van der Waals surface area contributed by atoms with E-state index in [4.69, 9.17) is 4.42 Å². The molecule has 0 spiro atoms. The lowest BCUT2D eigenvalue weighted by molar-refractivity contribution is 0.0779. The molecule has 33 heavy (non-hydrogen) atoms. The first kappa shape index (κ1) is 22.5. The summed E-state index contributed by atoms with van der Waals surface area (Å²) in [5.41, 5.74) is 5.09. The molecule has 0 radical (unpaired) electrons. The number of aromatic nitrogens is 1. The van der Waals surface area contributed by atoms with Crippen LogP contribution in [0.5, 0.6) is 0 Å². The van der Waals surface area contributed by atoms with Gasteiger partial charge in [0.1, 0.15) is 6.26 Å². The van der Waals surface area contributed by atoms with Crippen LogP contribution < -0.4 is 0 Å². The number of aryl methyl sites for hydroxylation is 1. The van der Waals surface area contributed by atoms with Gasteiger partial charge < -0.3 is 9.32 Å². The first-order valence-electron chi connectivity index (χ1n) is 11.1. The van der Waals surface area contributed by atoms with Crippen molar-refractivity contribution in [2.45, 2.75) is 33.1 Å². The number of hydrogen-bond donors (Lipinski definition) is 0. The molecule has 1 amide bonds. The summed E-state index contributed by atoms with van der Waals surface area (Å²) < 4.78 is 5.72. The normalized spacial score (nSPS) is 11.0. The largest absolute Gasteiger partial charge is 0.447 e. The van der Waals surface area contributed by atoms with Gasteiger partial charge in [-0.3, -0.25) is 9.69 Å². The summed E-state index contributed by atoms with van der Waals surface area (Å²) in [7, 11) is 1.78. The average Bonchev–Trinajstić information content (AvgIpc) is 3.28. The van der Waals surface area contributed by atoms with Crippen molar-refractivity contribution in [2.24, 2.45) is 0 Å². The van der Waals surface area contributed by atoms with Gasteiger partial charge in [-0.1, -0.05) is 90.5 Å². The Balaban J connectivity index is 1.46. The topological polar surface area (TPSA) is 49.6 Å². The molecule has 0 aliphatic rings. The number of oxazole rings is 1. The van der Waals surface area contributed by atoms with Crippen LogP contribution in [0.25, 0.3) is 0 Å². The van der Waals surface area contributed by atoms with Gasteiger partial charge in [0.15, 0.2) is 5.69 Å². The van der Waals surface area contributed by atoms with Gasteiger partial charge in [0.05, 0.1) is 6.54 Å². The Bertz CT molecular complexity index is 1170. The average molecular weight is 440 g/mol. The van der Waals surface area contributed by atoms with Crippen molar-refractivity contribution in [1.29, 1.82) is 0 Å². The number of hydrogen-bond acceptors (Lipinski definition) is 4. The number of benzene rings is 3. The van der Waals surface area contributed by atoms with Crippen molar-refractivity contribution in [3.63, 3.8) is 0 Å². The molecule has 1 aromatic heterocycles. The van der Waals surface area contributed by atoms with Crippen molar-refractivity contribution in [2.75, 3.05) is 7.05 Å². The minimum atomic E-state index is -0.151. The van der Waals surface area contributed by atoms with E-state index in [-0.39, 0.29) is 5.91 Å². The third-order valence-electron chi connectivity index (χ3n) is 5.48. The third-order valence-corrected chi connectivity index (χ3v) is 5.48. The second-order valence-corrected chi connectivity index (χ2v) is 8.39. The zero-order valence-corrected chi connectivity index (χ0v) is 19.1. The van der Waals surface area contributed by atoms with Gasteiger partial charge >= 0.3 is 0 Å². The summed E-state index contributed by atoms with van der Waals surface area (Å²) in [5, 5.41) is 0. The van der Waals surface area contributed by atoms with E-state index in [0.29, 0.717) is 24.7 Å². The van der Waals surface area contributed by atoms with Crippen LogP contribution in [0.1, 0.15) is 38.6 Å².